The number of ketones is 1. The fourth-order valence-corrected chi connectivity index (χ4v) is 2.34. The molecule has 0 fully saturated rings. The zero-order valence-corrected chi connectivity index (χ0v) is 11.9. The van der Waals surface area contributed by atoms with Crippen LogP contribution in [0, 0.1) is 6.92 Å². The van der Waals surface area contributed by atoms with Crippen LogP contribution in [-0.2, 0) is 18.3 Å². The van der Waals surface area contributed by atoms with Gasteiger partial charge in [-0.3, -0.25) is 9.59 Å². The number of hydrogen-bond acceptors (Lipinski definition) is 2. The van der Waals surface area contributed by atoms with E-state index in [-0.39, 0.29) is 61.1 Å². The molecule has 0 atom stereocenters. The topological polar surface area (TPSA) is 59.3 Å². The summed E-state index contributed by atoms with van der Waals surface area (Å²) in [6, 6.07) is 8.37. The molecule has 6 heteroatoms. The van der Waals surface area contributed by atoms with Crippen LogP contribution in [-0.4, -0.2) is 70.3 Å². The molecule has 0 radical (unpaired) electrons. The molecule has 1 aromatic carbocycles. The van der Waals surface area contributed by atoms with Crippen molar-refractivity contribution in [3.63, 3.8) is 0 Å². The molecule has 2 rings (SSSR count). The van der Waals surface area contributed by atoms with Crippen LogP contribution in [0.4, 0.5) is 0 Å². The van der Waals surface area contributed by atoms with Crippen LogP contribution in [0.3, 0.4) is 0 Å². The first-order valence-electron chi connectivity index (χ1n) is 6.07. The first-order chi connectivity index (χ1) is 9.40. The SMILES string of the molecule is Cc1cc(CC(=O)O)n(C)c1C(=O)c1ccc(Cl)cc1.[BaH2]. The predicted molar refractivity (Wildman–Crippen MR) is 84.9 cm³/mol. The van der Waals surface area contributed by atoms with Crippen molar-refractivity contribution in [3.8, 4) is 0 Å². The fraction of sp³-hybridized carbons (Fsp3) is 0.200. The quantitative estimate of drug-likeness (QED) is 0.595. The van der Waals surface area contributed by atoms with Crippen molar-refractivity contribution in [2.45, 2.75) is 13.3 Å². The van der Waals surface area contributed by atoms with Crippen LogP contribution in [0.15, 0.2) is 30.3 Å². The standard InChI is InChI=1S/C15H14ClNO3.Ba.2H/c1-9-7-12(8-13(18)19)17(2)14(9)15(20)10-3-5-11(16)6-4-10;;;/h3-7H,8H2,1-2H3,(H,18,19);;;. The molecule has 1 aromatic heterocycles. The summed E-state index contributed by atoms with van der Waals surface area (Å²) >= 11 is 5.80. The summed E-state index contributed by atoms with van der Waals surface area (Å²) < 4.78 is 1.64. The summed E-state index contributed by atoms with van der Waals surface area (Å²) in [7, 11) is 1.70. The number of benzene rings is 1. The Labute approximate surface area is 168 Å². The summed E-state index contributed by atoms with van der Waals surface area (Å²) in [4.78, 5) is 23.3. The van der Waals surface area contributed by atoms with E-state index in [2.05, 4.69) is 0 Å². The normalized spacial score (nSPS) is 10.0. The van der Waals surface area contributed by atoms with Crippen molar-refractivity contribution in [2.24, 2.45) is 7.05 Å². The van der Waals surface area contributed by atoms with Gasteiger partial charge in [-0.25, -0.2) is 0 Å². The molecule has 0 saturated heterocycles. The van der Waals surface area contributed by atoms with Gasteiger partial charge in [-0.15, -0.1) is 0 Å². The van der Waals surface area contributed by atoms with Gasteiger partial charge in [-0.1, -0.05) is 11.6 Å². The van der Waals surface area contributed by atoms with Gasteiger partial charge in [0, 0.05) is 23.3 Å². The number of carbonyl (C=O) groups excluding carboxylic acids is 1. The number of halogens is 1. The van der Waals surface area contributed by atoms with Gasteiger partial charge in [0.1, 0.15) is 0 Å². The Morgan fingerprint density at radius 2 is 1.81 bits per heavy atom. The van der Waals surface area contributed by atoms with E-state index in [1.54, 1.807) is 48.9 Å². The van der Waals surface area contributed by atoms with Crippen LogP contribution >= 0.6 is 11.6 Å². The predicted octanol–water partition coefficient (Wildman–Crippen LogP) is 1.93. The molecule has 1 N–H and O–H groups in total. The van der Waals surface area contributed by atoms with Crippen molar-refractivity contribution in [2.75, 3.05) is 0 Å². The number of aryl methyl sites for hydroxylation is 1. The van der Waals surface area contributed by atoms with Gasteiger partial charge < -0.3 is 9.67 Å². The second-order valence-electron chi connectivity index (χ2n) is 4.63. The maximum absolute atomic E-state index is 12.5. The third-order valence-electron chi connectivity index (χ3n) is 3.18. The van der Waals surface area contributed by atoms with Gasteiger partial charge in [-0.05, 0) is 42.8 Å². The van der Waals surface area contributed by atoms with E-state index in [0.717, 1.165) is 5.56 Å². The number of hydrogen-bond donors (Lipinski definition) is 1. The van der Waals surface area contributed by atoms with Crippen molar-refractivity contribution in [1.82, 2.24) is 4.57 Å². The number of aliphatic carboxylic acids is 1. The first kappa shape index (κ1) is 18.6. The average molecular weight is 431 g/mol. The molecule has 0 aliphatic rings. The molecule has 0 unspecified atom stereocenters. The van der Waals surface area contributed by atoms with Gasteiger partial charge in [0.15, 0.2) is 0 Å². The van der Waals surface area contributed by atoms with E-state index < -0.39 is 5.97 Å². The number of aromatic nitrogens is 1. The summed E-state index contributed by atoms with van der Waals surface area (Å²) in [6.07, 6.45) is -0.106. The van der Waals surface area contributed by atoms with Crippen LogP contribution in [0.1, 0.15) is 27.3 Å². The Balaban J connectivity index is 0.00000220. The number of carboxylic acids is 1. The molecule has 4 nitrogen and oxygen atoms in total. The van der Waals surface area contributed by atoms with Crippen LogP contribution in [0.2, 0.25) is 5.02 Å². The zero-order valence-electron chi connectivity index (χ0n) is 11.2. The number of nitrogens with zero attached hydrogens (tertiary/aromatic N) is 1. The molecule has 2 aromatic rings. The molecule has 0 aliphatic carbocycles. The summed E-state index contributed by atoms with van der Waals surface area (Å²) in [5.41, 5.74) is 2.40. The minimum absolute atomic E-state index is 0. The molecule has 0 saturated carbocycles. The monoisotopic (exact) mass is 431 g/mol. The number of carboxylic acid groups (broad SMARTS) is 1. The Morgan fingerprint density at radius 1 is 1.24 bits per heavy atom. The third kappa shape index (κ3) is 4.25. The summed E-state index contributed by atoms with van der Waals surface area (Å²) in [5.74, 6) is -1.06. The Morgan fingerprint density at radius 3 is 2.33 bits per heavy atom. The van der Waals surface area contributed by atoms with Crippen LogP contribution in [0.25, 0.3) is 0 Å². The molecule has 0 spiro atoms. The summed E-state index contributed by atoms with van der Waals surface area (Å²) in [5, 5.41) is 9.43. The van der Waals surface area contributed by atoms with Crippen molar-refractivity contribution in [3.05, 3.63) is 57.9 Å². The summed E-state index contributed by atoms with van der Waals surface area (Å²) in [6.45, 7) is 1.80. The average Bonchev–Trinajstić information content (AvgIpc) is 2.64. The second-order valence-corrected chi connectivity index (χ2v) is 5.07. The molecule has 0 amide bonds. The van der Waals surface area contributed by atoms with Gasteiger partial charge in [0.25, 0.3) is 0 Å². The molecule has 21 heavy (non-hydrogen) atoms. The van der Waals surface area contributed by atoms with Gasteiger partial charge in [0.2, 0.25) is 5.78 Å². The first-order valence-corrected chi connectivity index (χ1v) is 6.45. The Kier molecular flexibility index (Phi) is 6.78. The van der Waals surface area contributed by atoms with Crippen LogP contribution in [0.5, 0.6) is 0 Å². The van der Waals surface area contributed by atoms with Crippen LogP contribution < -0.4 is 0 Å². The number of carbonyl (C=O) groups is 2. The molecular weight excluding hydrogens is 415 g/mol. The second kappa shape index (κ2) is 7.67. The number of rotatable bonds is 4. The zero-order chi connectivity index (χ0) is 14.9. The van der Waals surface area contributed by atoms with Gasteiger partial charge in [-0.2, -0.15) is 0 Å². The van der Waals surface area contributed by atoms with E-state index >= 15 is 0 Å². The van der Waals surface area contributed by atoms with Crippen molar-refractivity contribution in [1.29, 1.82) is 0 Å². The minimum atomic E-state index is -0.920. The Bertz CT molecular complexity index is 677. The molecule has 0 aliphatic heterocycles. The Hall–Kier alpha value is -0.499. The van der Waals surface area contributed by atoms with E-state index in [4.69, 9.17) is 16.7 Å². The van der Waals surface area contributed by atoms with Crippen molar-refractivity contribution < 1.29 is 14.7 Å². The van der Waals surface area contributed by atoms with Gasteiger partial charge >= 0.3 is 54.9 Å². The molecule has 0 bridgehead atoms. The maximum atomic E-state index is 12.5. The van der Waals surface area contributed by atoms with Gasteiger partial charge in [0.05, 0.1) is 12.1 Å². The molecule has 108 valence electrons. The molecular formula is C15H16BaClNO3. The molecule has 1 heterocycles. The van der Waals surface area contributed by atoms with E-state index in [9.17, 15) is 9.59 Å². The van der Waals surface area contributed by atoms with Crippen molar-refractivity contribution >= 4 is 72.2 Å². The van der Waals surface area contributed by atoms with E-state index in [1.807, 2.05) is 0 Å². The van der Waals surface area contributed by atoms with E-state index in [1.165, 1.54) is 0 Å². The van der Waals surface area contributed by atoms with E-state index in [0.29, 0.717) is 22.0 Å². The fourth-order valence-electron chi connectivity index (χ4n) is 2.22. The third-order valence-corrected chi connectivity index (χ3v) is 3.43.